The first-order valence-corrected chi connectivity index (χ1v) is 14.3. The first kappa shape index (κ1) is 28.5. The SMILES string of the molecule is Cc1nc2c(OCc3c(Cl)ccc(N(C)C(=O)CN4C(=O)c5ccccc5C4=O)c3Cl)cccc2n1Cc1ccccc1. The fourth-order valence-corrected chi connectivity index (χ4v) is 5.81. The summed E-state index contributed by atoms with van der Waals surface area (Å²) in [7, 11) is 1.53. The lowest BCUT2D eigenvalue weighted by atomic mass is 10.1. The summed E-state index contributed by atoms with van der Waals surface area (Å²) >= 11 is 13.3. The number of nitrogens with zero attached hydrogens (tertiary/aromatic N) is 4. The minimum atomic E-state index is -0.505. The molecule has 10 heteroatoms. The molecule has 0 saturated carbocycles. The number of anilines is 1. The molecule has 0 fully saturated rings. The predicted octanol–water partition coefficient (Wildman–Crippen LogP) is 6.54. The summed E-state index contributed by atoms with van der Waals surface area (Å²) in [5, 5.41) is 0.594. The standard InChI is InChI=1S/C33H26Cl2N4O4/c1-20-36-31-27(38(20)17-21-9-4-3-5-10-21)13-8-14-28(31)43-19-24-25(34)15-16-26(30(24)35)37(2)29(40)18-39-32(41)22-11-6-7-12-23(22)33(39)42/h3-16H,17-19H2,1-2H3. The van der Waals surface area contributed by atoms with E-state index in [2.05, 4.69) is 16.7 Å². The van der Waals surface area contributed by atoms with Crippen LogP contribution in [-0.2, 0) is 17.9 Å². The molecule has 0 spiro atoms. The van der Waals surface area contributed by atoms with Crippen molar-refractivity contribution in [3.63, 3.8) is 0 Å². The van der Waals surface area contributed by atoms with Crippen molar-refractivity contribution < 1.29 is 19.1 Å². The largest absolute Gasteiger partial charge is 0.486 e. The molecule has 2 heterocycles. The summed E-state index contributed by atoms with van der Waals surface area (Å²) < 4.78 is 8.34. The lowest BCUT2D eigenvalue weighted by Crippen LogP contribution is -2.41. The number of amides is 3. The van der Waals surface area contributed by atoms with Crippen molar-refractivity contribution in [2.75, 3.05) is 18.5 Å². The number of hydrogen-bond donors (Lipinski definition) is 0. The molecule has 0 aliphatic carbocycles. The summed E-state index contributed by atoms with van der Waals surface area (Å²) in [6.07, 6.45) is 0. The van der Waals surface area contributed by atoms with E-state index in [1.807, 2.05) is 43.3 Å². The van der Waals surface area contributed by atoms with Crippen LogP contribution in [0.15, 0.2) is 84.9 Å². The molecule has 0 bridgehead atoms. The molecule has 6 rings (SSSR count). The number of imide groups is 1. The number of halogens is 2. The highest BCUT2D eigenvalue weighted by Crippen LogP contribution is 2.36. The number of aromatic nitrogens is 2. The fourth-order valence-electron chi connectivity index (χ4n) is 5.20. The molecule has 43 heavy (non-hydrogen) atoms. The van der Waals surface area contributed by atoms with Crippen molar-refractivity contribution in [3.8, 4) is 5.75 Å². The molecule has 0 saturated heterocycles. The van der Waals surface area contributed by atoms with Gasteiger partial charge in [-0.2, -0.15) is 0 Å². The van der Waals surface area contributed by atoms with Gasteiger partial charge in [-0.3, -0.25) is 19.3 Å². The number of ether oxygens (including phenoxy) is 1. The highest BCUT2D eigenvalue weighted by Gasteiger charge is 2.37. The van der Waals surface area contributed by atoms with Crippen molar-refractivity contribution in [3.05, 3.63) is 123 Å². The number of rotatable bonds is 8. The van der Waals surface area contributed by atoms with Crippen molar-refractivity contribution in [2.45, 2.75) is 20.1 Å². The van der Waals surface area contributed by atoms with Crippen molar-refractivity contribution in [1.82, 2.24) is 14.5 Å². The molecule has 1 aliphatic rings. The molecule has 4 aromatic carbocycles. The summed E-state index contributed by atoms with van der Waals surface area (Å²) in [5.41, 5.74) is 4.22. The molecule has 3 amide bonds. The second kappa shape index (κ2) is 11.6. The Kier molecular flexibility index (Phi) is 7.64. The van der Waals surface area contributed by atoms with E-state index in [0.29, 0.717) is 34.1 Å². The van der Waals surface area contributed by atoms with Gasteiger partial charge in [-0.1, -0.05) is 71.7 Å². The van der Waals surface area contributed by atoms with Gasteiger partial charge in [0.05, 0.1) is 27.4 Å². The zero-order valence-corrected chi connectivity index (χ0v) is 24.9. The molecule has 1 aliphatic heterocycles. The summed E-state index contributed by atoms with van der Waals surface area (Å²) in [4.78, 5) is 45.8. The highest BCUT2D eigenvalue weighted by molar-refractivity contribution is 6.38. The number of carbonyl (C=O) groups is 3. The van der Waals surface area contributed by atoms with Crippen LogP contribution in [0.3, 0.4) is 0 Å². The second-order valence-corrected chi connectivity index (χ2v) is 11.0. The minimum absolute atomic E-state index is 0.0235. The van der Waals surface area contributed by atoms with Crippen LogP contribution in [0.2, 0.25) is 10.0 Å². The molecular formula is C33H26Cl2N4O4. The van der Waals surface area contributed by atoms with E-state index in [4.69, 9.17) is 32.9 Å². The van der Waals surface area contributed by atoms with Crippen LogP contribution in [-0.4, -0.2) is 45.8 Å². The Morgan fingerprint density at radius 1 is 0.884 bits per heavy atom. The van der Waals surface area contributed by atoms with Gasteiger partial charge < -0.3 is 14.2 Å². The third-order valence-electron chi connectivity index (χ3n) is 7.56. The number of likely N-dealkylation sites (N-methyl/N-ethyl adjacent to an activating group) is 1. The zero-order chi connectivity index (χ0) is 30.2. The van der Waals surface area contributed by atoms with E-state index in [1.165, 1.54) is 11.9 Å². The topological polar surface area (TPSA) is 84.7 Å². The van der Waals surface area contributed by atoms with Crippen LogP contribution >= 0.6 is 23.2 Å². The Balaban J connectivity index is 1.21. The van der Waals surface area contributed by atoms with Gasteiger partial charge in [-0.25, -0.2) is 4.98 Å². The molecule has 0 radical (unpaired) electrons. The van der Waals surface area contributed by atoms with Crippen LogP contribution < -0.4 is 9.64 Å². The highest BCUT2D eigenvalue weighted by atomic mass is 35.5. The Bertz CT molecular complexity index is 1870. The molecule has 5 aromatic rings. The van der Waals surface area contributed by atoms with Gasteiger partial charge in [-0.05, 0) is 48.9 Å². The number of hydrogen-bond acceptors (Lipinski definition) is 5. The Hall–Kier alpha value is -4.66. The number of carbonyl (C=O) groups excluding carboxylic acids is 3. The van der Waals surface area contributed by atoms with Crippen molar-refractivity contribution >= 4 is 57.6 Å². The van der Waals surface area contributed by atoms with Gasteiger partial charge in [0.25, 0.3) is 11.8 Å². The van der Waals surface area contributed by atoms with E-state index in [9.17, 15) is 14.4 Å². The normalized spacial score (nSPS) is 12.6. The number of aryl methyl sites for hydroxylation is 1. The molecule has 0 atom stereocenters. The van der Waals surface area contributed by atoms with Crippen LogP contribution in [0.5, 0.6) is 5.75 Å². The zero-order valence-electron chi connectivity index (χ0n) is 23.4. The quantitative estimate of drug-likeness (QED) is 0.186. The molecule has 1 aromatic heterocycles. The first-order chi connectivity index (χ1) is 20.7. The van der Waals surface area contributed by atoms with Gasteiger partial charge in [0.15, 0.2) is 0 Å². The van der Waals surface area contributed by atoms with Crippen molar-refractivity contribution in [2.24, 2.45) is 0 Å². The molecular weight excluding hydrogens is 587 g/mol. The third kappa shape index (κ3) is 5.24. The Morgan fingerprint density at radius 2 is 1.56 bits per heavy atom. The molecule has 0 unspecified atom stereocenters. The van der Waals surface area contributed by atoms with Gasteiger partial charge >= 0.3 is 0 Å². The van der Waals surface area contributed by atoms with E-state index in [0.717, 1.165) is 21.8 Å². The first-order valence-electron chi connectivity index (χ1n) is 13.6. The number of para-hydroxylation sites is 1. The average molecular weight is 614 g/mol. The lowest BCUT2D eigenvalue weighted by molar-refractivity contribution is -0.118. The smallest absolute Gasteiger partial charge is 0.262 e. The Labute approximate surface area is 258 Å². The number of fused-ring (bicyclic) bond motifs is 2. The van der Waals surface area contributed by atoms with Gasteiger partial charge in [0, 0.05) is 24.2 Å². The van der Waals surface area contributed by atoms with E-state index < -0.39 is 24.3 Å². The van der Waals surface area contributed by atoms with Crippen molar-refractivity contribution in [1.29, 1.82) is 0 Å². The van der Waals surface area contributed by atoms with Crippen LogP contribution in [0, 0.1) is 6.92 Å². The van der Waals surface area contributed by atoms with Gasteiger partial charge in [-0.15, -0.1) is 0 Å². The number of imidazole rings is 1. The second-order valence-electron chi connectivity index (χ2n) is 10.2. The van der Waals surface area contributed by atoms with E-state index >= 15 is 0 Å². The van der Waals surface area contributed by atoms with Gasteiger partial charge in [0.2, 0.25) is 5.91 Å². The Morgan fingerprint density at radius 3 is 2.26 bits per heavy atom. The van der Waals surface area contributed by atoms with E-state index in [1.54, 1.807) is 36.4 Å². The number of benzene rings is 4. The molecule has 0 N–H and O–H groups in total. The molecule has 8 nitrogen and oxygen atoms in total. The summed E-state index contributed by atoms with van der Waals surface area (Å²) in [6.45, 7) is 2.22. The summed E-state index contributed by atoms with van der Waals surface area (Å²) in [6, 6.07) is 25.6. The predicted molar refractivity (Wildman–Crippen MR) is 166 cm³/mol. The maximum atomic E-state index is 13.2. The maximum Gasteiger partial charge on any atom is 0.262 e. The van der Waals surface area contributed by atoms with E-state index in [-0.39, 0.29) is 22.8 Å². The van der Waals surface area contributed by atoms with Gasteiger partial charge in [0.1, 0.15) is 30.2 Å². The van der Waals surface area contributed by atoms with Crippen LogP contribution in [0.25, 0.3) is 11.0 Å². The van der Waals surface area contributed by atoms with Crippen LogP contribution in [0.1, 0.15) is 37.7 Å². The maximum absolute atomic E-state index is 13.2. The minimum Gasteiger partial charge on any atom is -0.486 e. The molecule has 216 valence electrons. The summed E-state index contributed by atoms with van der Waals surface area (Å²) in [5.74, 6) is -0.0792. The van der Waals surface area contributed by atoms with Crippen LogP contribution in [0.4, 0.5) is 5.69 Å². The third-order valence-corrected chi connectivity index (χ3v) is 8.34. The lowest BCUT2D eigenvalue weighted by Gasteiger charge is -2.23. The monoisotopic (exact) mass is 612 g/mol. The average Bonchev–Trinajstić information content (AvgIpc) is 3.46. The fraction of sp³-hybridized carbons (Fsp3) is 0.152.